The van der Waals surface area contributed by atoms with Crippen LogP contribution in [0.25, 0.3) is 0 Å². The lowest BCUT2D eigenvalue weighted by atomic mass is 9.95. The number of nitrogens with zero attached hydrogens (tertiary/aromatic N) is 2. The zero-order valence-corrected chi connectivity index (χ0v) is 17.8. The van der Waals surface area contributed by atoms with Crippen LogP contribution in [0.3, 0.4) is 0 Å². The molecule has 4 rings (SSSR count). The number of aromatic nitrogens is 1. The van der Waals surface area contributed by atoms with Crippen molar-refractivity contribution in [3.63, 3.8) is 0 Å². The number of aryl methyl sites for hydroxylation is 3. The fourth-order valence-electron chi connectivity index (χ4n) is 4.42. The molecule has 2 aromatic carbocycles. The molecule has 0 radical (unpaired) electrons. The van der Waals surface area contributed by atoms with E-state index < -0.39 is 0 Å². The molecule has 0 saturated heterocycles. The van der Waals surface area contributed by atoms with E-state index in [1.165, 1.54) is 27.9 Å². The van der Waals surface area contributed by atoms with Crippen LogP contribution in [0.2, 0.25) is 0 Å². The first-order valence-electron chi connectivity index (χ1n) is 10.3. The van der Waals surface area contributed by atoms with E-state index in [-0.39, 0.29) is 6.04 Å². The predicted octanol–water partition coefficient (Wildman–Crippen LogP) is 5.12. The van der Waals surface area contributed by atoms with Crippen LogP contribution in [0, 0.1) is 13.8 Å². The van der Waals surface area contributed by atoms with Gasteiger partial charge in [-0.1, -0.05) is 29.8 Å². The summed E-state index contributed by atoms with van der Waals surface area (Å²) in [6, 6.07) is 17.6. The molecule has 152 valence electrons. The standard InChI is InChI=1S/C25H30N2O2/c1-18-8-9-19(2)22(15-18)25-23-7-5-12-26(23)13-6-14-27(25)17-20-10-11-21(28-3)16-24(20)29-4/h5,7-12,15-16,25H,6,13-14,17H2,1-4H3. The van der Waals surface area contributed by atoms with Crippen molar-refractivity contribution in [1.29, 1.82) is 0 Å². The summed E-state index contributed by atoms with van der Waals surface area (Å²) in [6.07, 6.45) is 3.34. The lowest BCUT2D eigenvalue weighted by Crippen LogP contribution is -2.30. The molecule has 0 N–H and O–H groups in total. The van der Waals surface area contributed by atoms with Crippen molar-refractivity contribution < 1.29 is 9.47 Å². The van der Waals surface area contributed by atoms with Gasteiger partial charge in [-0.05, 0) is 49.6 Å². The van der Waals surface area contributed by atoms with Crippen molar-refractivity contribution in [2.75, 3.05) is 20.8 Å². The van der Waals surface area contributed by atoms with Gasteiger partial charge in [-0.25, -0.2) is 0 Å². The van der Waals surface area contributed by atoms with Crippen LogP contribution in [0.4, 0.5) is 0 Å². The van der Waals surface area contributed by atoms with Gasteiger partial charge in [0.2, 0.25) is 0 Å². The van der Waals surface area contributed by atoms with Crippen LogP contribution in [0.15, 0.2) is 54.7 Å². The molecule has 1 aromatic heterocycles. The molecular weight excluding hydrogens is 360 g/mol. The van der Waals surface area contributed by atoms with Gasteiger partial charge < -0.3 is 14.0 Å². The molecule has 4 nitrogen and oxygen atoms in total. The summed E-state index contributed by atoms with van der Waals surface area (Å²) in [5, 5.41) is 0. The third-order valence-corrected chi connectivity index (χ3v) is 5.95. The SMILES string of the molecule is COc1ccc(CN2CCCn3cccc3C2c2cc(C)ccc2C)c(OC)c1. The van der Waals surface area contributed by atoms with Crippen molar-refractivity contribution in [2.24, 2.45) is 0 Å². The largest absolute Gasteiger partial charge is 0.497 e. The Morgan fingerprint density at radius 1 is 0.966 bits per heavy atom. The maximum Gasteiger partial charge on any atom is 0.127 e. The Hall–Kier alpha value is -2.72. The Morgan fingerprint density at radius 3 is 2.62 bits per heavy atom. The van der Waals surface area contributed by atoms with Gasteiger partial charge in [-0.2, -0.15) is 0 Å². The number of hydrogen-bond donors (Lipinski definition) is 0. The first-order valence-corrected chi connectivity index (χ1v) is 10.3. The second-order valence-corrected chi connectivity index (χ2v) is 7.89. The quantitative estimate of drug-likeness (QED) is 0.605. The van der Waals surface area contributed by atoms with Gasteiger partial charge in [0.25, 0.3) is 0 Å². The molecule has 0 aliphatic carbocycles. The van der Waals surface area contributed by atoms with Crippen LogP contribution in [0.5, 0.6) is 11.5 Å². The fraction of sp³-hybridized carbons (Fsp3) is 0.360. The van der Waals surface area contributed by atoms with E-state index in [0.29, 0.717) is 0 Å². The van der Waals surface area contributed by atoms with Crippen LogP contribution in [0.1, 0.15) is 40.4 Å². The summed E-state index contributed by atoms with van der Waals surface area (Å²) in [5.41, 5.74) is 6.57. The van der Waals surface area contributed by atoms with Crippen LogP contribution >= 0.6 is 0 Å². The predicted molar refractivity (Wildman–Crippen MR) is 117 cm³/mol. The minimum atomic E-state index is 0.221. The second-order valence-electron chi connectivity index (χ2n) is 7.89. The molecular formula is C25H30N2O2. The molecule has 0 amide bonds. The molecule has 2 heterocycles. The van der Waals surface area contributed by atoms with E-state index in [2.05, 4.69) is 65.9 Å². The zero-order chi connectivity index (χ0) is 20.4. The van der Waals surface area contributed by atoms with Crippen molar-refractivity contribution in [3.8, 4) is 11.5 Å². The average Bonchev–Trinajstić information content (AvgIpc) is 3.12. The highest BCUT2D eigenvalue weighted by Gasteiger charge is 2.29. The maximum atomic E-state index is 5.69. The normalized spacial score (nSPS) is 16.9. The molecule has 4 heteroatoms. The summed E-state index contributed by atoms with van der Waals surface area (Å²) in [5.74, 6) is 1.70. The monoisotopic (exact) mass is 390 g/mol. The first kappa shape index (κ1) is 19.6. The third kappa shape index (κ3) is 3.90. The van der Waals surface area contributed by atoms with Gasteiger partial charge >= 0.3 is 0 Å². The first-order chi connectivity index (χ1) is 14.1. The Balaban J connectivity index is 1.78. The molecule has 1 atom stereocenters. The van der Waals surface area contributed by atoms with Crippen molar-refractivity contribution in [3.05, 3.63) is 82.7 Å². The van der Waals surface area contributed by atoms with E-state index in [0.717, 1.165) is 37.6 Å². The molecule has 0 bridgehead atoms. The maximum absolute atomic E-state index is 5.69. The van der Waals surface area contributed by atoms with Gasteiger partial charge in [0.1, 0.15) is 11.5 Å². The van der Waals surface area contributed by atoms with Gasteiger partial charge in [-0.15, -0.1) is 0 Å². The van der Waals surface area contributed by atoms with Crippen molar-refractivity contribution in [2.45, 2.75) is 39.4 Å². The van der Waals surface area contributed by atoms with Crippen LogP contribution in [-0.2, 0) is 13.1 Å². The number of rotatable bonds is 5. The molecule has 0 spiro atoms. The third-order valence-electron chi connectivity index (χ3n) is 5.95. The van der Waals surface area contributed by atoms with Crippen molar-refractivity contribution in [1.82, 2.24) is 9.47 Å². The molecule has 1 aliphatic heterocycles. The van der Waals surface area contributed by atoms with Crippen molar-refractivity contribution >= 4 is 0 Å². The van der Waals surface area contributed by atoms with Gasteiger partial charge in [0.05, 0.1) is 20.3 Å². The van der Waals surface area contributed by atoms with E-state index in [9.17, 15) is 0 Å². The average molecular weight is 391 g/mol. The molecule has 0 fully saturated rings. The summed E-state index contributed by atoms with van der Waals surface area (Å²) in [7, 11) is 3.42. The van der Waals surface area contributed by atoms with Crippen LogP contribution < -0.4 is 9.47 Å². The molecule has 1 unspecified atom stereocenters. The highest BCUT2D eigenvalue weighted by Crippen LogP contribution is 2.36. The number of benzene rings is 2. The Labute approximate surface area is 173 Å². The van der Waals surface area contributed by atoms with Crippen LogP contribution in [-0.4, -0.2) is 30.2 Å². The van der Waals surface area contributed by atoms with E-state index >= 15 is 0 Å². The van der Waals surface area contributed by atoms with E-state index in [4.69, 9.17) is 9.47 Å². The van der Waals surface area contributed by atoms with Gasteiger partial charge in [-0.3, -0.25) is 4.90 Å². The number of hydrogen-bond acceptors (Lipinski definition) is 3. The highest BCUT2D eigenvalue weighted by molar-refractivity contribution is 5.42. The molecule has 1 aliphatic rings. The van der Waals surface area contributed by atoms with Gasteiger partial charge in [0, 0.05) is 43.2 Å². The summed E-state index contributed by atoms with van der Waals surface area (Å²) >= 11 is 0. The Kier molecular flexibility index (Phi) is 5.63. The van der Waals surface area contributed by atoms with E-state index in [1.807, 2.05) is 12.1 Å². The Bertz CT molecular complexity index is 992. The highest BCUT2D eigenvalue weighted by atomic mass is 16.5. The summed E-state index contributed by atoms with van der Waals surface area (Å²) in [4.78, 5) is 2.59. The number of methoxy groups -OCH3 is 2. The molecule has 29 heavy (non-hydrogen) atoms. The summed E-state index contributed by atoms with van der Waals surface area (Å²) in [6.45, 7) is 7.32. The lowest BCUT2D eigenvalue weighted by molar-refractivity contribution is 0.216. The summed E-state index contributed by atoms with van der Waals surface area (Å²) < 4.78 is 13.5. The zero-order valence-electron chi connectivity index (χ0n) is 17.8. The lowest BCUT2D eigenvalue weighted by Gasteiger charge is -2.32. The topological polar surface area (TPSA) is 26.6 Å². The van der Waals surface area contributed by atoms with E-state index in [1.54, 1.807) is 14.2 Å². The minimum absolute atomic E-state index is 0.221. The van der Waals surface area contributed by atoms with Gasteiger partial charge in [0.15, 0.2) is 0 Å². The smallest absolute Gasteiger partial charge is 0.127 e. The molecule has 0 saturated carbocycles. The molecule has 3 aromatic rings. The minimum Gasteiger partial charge on any atom is -0.497 e. The Morgan fingerprint density at radius 2 is 1.83 bits per heavy atom. The second kappa shape index (κ2) is 8.34. The number of ether oxygens (including phenoxy) is 2. The number of fused-ring (bicyclic) bond motifs is 1. The fourth-order valence-corrected chi connectivity index (χ4v) is 4.42.